The summed E-state index contributed by atoms with van der Waals surface area (Å²) in [6.07, 6.45) is 1.69. The summed E-state index contributed by atoms with van der Waals surface area (Å²) >= 11 is 5.95. The van der Waals surface area contributed by atoms with Crippen molar-refractivity contribution in [2.45, 2.75) is 0 Å². The summed E-state index contributed by atoms with van der Waals surface area (Å²) in [5, 5.41) is 0.134. The van der Waals surface area contributed by atoms with Crippen molar-refractivity contribution in [2.75, 3.05) is 0 Å². The van der Waals surface area contributed by atoms with Crippen molar-refractivity contribution in [3.63, 3.8) is 0 Å². The normalized spacial score (nSPS) is 10.8. The third-order valence-electron chi connectivity index (χ3n) is 2.63. The topological polar surface area (TPSA) is 47.3 Å². The van der Waals surface area contributed by atoms with Crippen molar-refractivity contribution in [1.29, 1.82) is 0 Å². The monoisotopic (exact) mass is 275 g/mol. The van der Waals surface area contributed by atoms with Gasteiger partial charge in [-0.15, -0.1) is 0 Å². The molecule has 0 unspecified atom stereocenters. The van der Waals surface area contributed by atoms with Gasteiger partial charge in [0.25, 0.3) is 0 Å². The molecule has 0 bridgehead atoms. The maximum atomic E-state index is 13.1. The first-order chi connectivity index (χ1) is 9.15. The van der Waals surface area contributed by atoms with Gasteiger partial charge in [-0.2, -0.15) is 4.98 Å². The van der Waals surface area contributed by atoms with E-state index < -0.39 is 11.6 Å². The van der Waals surface area contributed by atoms with E-state index in [4.69, 9.17) is 11.6 Å². The van der Waals surface area contributed by atoms with Crippen LogP contribution in [-0.4, -0.2) is 20.2 Å². The molecule has 19 heavy (non-hydrogen) atoms. The lowest BCUT2D eigenvalue weighted by atomic mass is 10.1. The van der Waals surface area contributed by atoms with Crippen LogP contribution in [0.3, 0.4) is 0 Å². The molecule has 3 aromatic rings. The highest BCUT2D eigenvalue weighted by Crippen LogP contribution is 2.13. The molecule has 0 aliphatic carbocycles. The first-order valence-electron chi connectivity index (χ1n) is 5.46. The quantitative estimate of drug-likeness (QED) is 0.676. The highest BCUT2D eigenvalue weighted by Gasteiger charge is 2.15. The number of hydrogen-bond acceptors (Lipinski definition) is 3. The molecule has 0 spiro atoms. The first kappa shape index (κ1) is 11.8. The summed E-state index contributed by atoms with van der Waals surface area (Å²) in [5.41, 5.74) is 0.701. The Kier molecular flexibility index (Phi) is 2.76. The molecule has 0 N–H and O–H groups in total. The second-order valence-electron chi connectivity index (χ2n) is 3.89. The van der Waals surface area contributed by atoms with Crippen molar-refractivity contribution in [1.82, 2.24) is 14.4 Å². The molecule has 2 heterocycles. The standard InChI is InChI=1S/C13H7ClFN3O/c14-13-17-12(16-10-5-2-6-18(10)13)11(19)8-3-1-4-9(15)7-8/h1-7H. The number of ketones is 1. The number of carbonyl (C=O) groups is 1. The van der Waals surface area contributed by atoms with Gasteiger partial charge in [0.1, 0.15) is 11.5 Å². The van der Waals surface area contributed by atoms with E-state index in [9.17, 15) is 9.18 Å². The van der Waals surface area contributed by atoms with Gasteiger partial charge in [-0.1, -0.05) is 12.1 Å². The Morgan fingerprint density at radius 1 is 1.21 bits per heavy atom. The lowest BCUT2D eigenvalue weighted by molar-refractivity contribution is 0.102. The van der Waals surface area contributed by atoms with Crippen LogP contribution in [0.1, 0.15) is 16.2 Å². The minimum Gasteiger partial charge on any atom is -0.285 e. The second-order valence-corrected chi connectivity index (χ2v) is 4.23. The smallest absolute Gasteiger partial charge is 0.230 e. The van der Waals surface area contributed by atoms with E-state index in [1.54, 1.807) is 22.7 Å². The molecule has 4 nitrogen and oxygen atoms in total. The summed E-state index contributed by atoms with van der Waals surface area (Å²) in [7, 11) is 0. The van der Waals surface area contributed by atoms with Crippen LogP contribution in [0.4, 0.5) is 4.39 Å². The average Bonchev–Trinajstić information content (AvgIpc) is 2.86. The zero-order chi connectivity index (χ0) is 13.4. The molecule has 0 radical (unpaired) electrons. The average molecular weight is 276 g/mol. The largest absolute Gasteiger partial charge is 0.285 e. The third kappa shape index (κ3) is 2.08. The molecule has 2 aromatic heterocycles. The number of hydrogen-bond donors (Lipinski definition) is 0. The molecule has 94 valence electrons. The number of halogens is 2. The zero-order valence-corrected chi connectivity index (χ0v) is 10.3. The van der Waals surface area contributed by atoms with Crippen molar-refractivity contribution in [2.24, 2.45) is 0 Å². The summed E-state index contributed by atoms with van der Waals surface area (Å²) in [4.78, 5) is 20.2. The number of fused-ring (bicyclic) bond motifs is 1. The fourth-order valence-corrected chi connectivity index (χ4v) is 1.98. The van der Waals surface area contributed by atoms with Crippen LogP contribution in [0, 0.1) is 5.82 Å². The number of nitrogens with zero attached hydrogens (tertiary/aromatic N) is 3. The molecule has 0 atom stereocenters. The molecule has 0 saturated carbocycles. The Balaban J connectivity index is 2.11. The van der Waals surface area contributed by atoms with Gasteiger partial charge in [-0.3, -0.25) is 9.20 Å². The van der Waals surface area contributed by atoms with Gasteiger partial charge in [-0.05, 0) is 35.9 Å². The lowest BCUT2D eigenvalue weighted by Gasteiger charge is -2.03. The van der Waals surface area contributed by atoms with Crippen LogP contribution in [-0.2, 0) is 0 Å². The fourth-order valence-electron chi connectivity index (χ4n) is 1.75. The maximum Gasteiger partial charge on any atom is 0.230 e. The molecular formula is C13H7ClFN3O. The van der Waals surface area contributed by atoms with Gasteiger partial charge < -0.3 is 0 Å². The summed E-state index contributed by atoms with van der Waals surface area (Å²) in [6.45, 7) is 0. The van der Waals surface area contributed by atoms with Gasteiger partial charge in [0, 0.05) is 11.8 Å². The van der Waals surface area contributed by atoms with Gasteiger partial charge >= 0.3 is 0 Å². The van der Waals surface area contributed by atoms with Crippen molar-refractivity contribution >= 4 is 23.0 Å². The van der Waals surface area contributed by atoms with E-state index in [2.05, 4.69) is 9.97 Å². The third-order valence-corrected chi connectivity index (χ3v) is 2.90. The van der Waals surface area contributed by atoms with Gasteiger partial charge in [0.15, 0.2) is 0 Å². The molecule has 3 rings (SSSR count). The van der Waals surface area contributed by atoms with Gasteiger partial charge in [-0.25, -0.2) is 9.37 Å². The minimum atomic E-state index is -0.485. The molecule has 1 aromatic carbocycles. The zero-order valence-electron chi connectivity index (χ0n) is 9.55. The van der Waals surface area contributed by atoms with Crippen LogP contribution in [0.2, 0.25) is 5.28 Å². The number of aromatic nitrogens is 3. The first-order valence-corrected chi connectivity index (χ1v) is 5.84. The van der Waals surface area contributed by atoms with Crippen molar-refractivity contribution in [3.8, 4) is 0 Å². The predicted octanol–water partition coefficient (Wildman–Crippen LogP) is 2.75. The molecule has 0 aliphatic rings. The van der Waals surface area contributed by atoms with Crippen LogP contribution in [0.25, 0.3) is 5.65 Å². The molecule has 0 aliphatic heterocycles. The van der Waals surface area contributed by atoms with E-state index >= 15 is 0 Å². The van der Waals surface area contributed by atoms with E-state index in [1.165, 1.54) is 18.2 Å². The Morgan fingerprint density at radius 3 is 2.84 bits per heavy atom. The lowest BCUT2D eigenvalue weighted by Crippen LogP contribution is -2.09. The Morgan fingerprint density at radius 2 is 2.05 bits per heavy atom. The molecule has 6 heteroatoms. The Labute approximate surface area is 112 Å². The van der Waals surface area contributed by atoms with Crippen LogP contribution in [0.5, 0.6) is 0 Å². The summed E-state index contributed by atoms with van der Waals surface area (Å²) < 4.78 is 14.6. The molecule has 0 amide bonds. The van der Waals surface area contributed by atoms with E-state index in [-0.39, 0.29) is 16.7 Å². The Hall–Kier alpha value is -2.27. The SMILES string of the molecule is O=C(c1cccc(F)c1)c1nc(Cl)n2cccc2n1. The molecule has 0 fully saturated rings. The predicted molar refractivity (Wildman–Crippen MR) is 67.8 cm³/mol. The van der Waals surface area contributed by atoms with Crippen LogP contribution >= 0.6 is 11.6 Å². The number of rotatable bonds is 2. The maximum absolute atomic E-state index is 13.1. The van der Waals surface area contributed by atoms with E-state index in [0.717, 1.165) is 6.07 Å². The molecule has 0 saturated heterocycles. The number of carbonyl (C=O) groups excluding carboxylic acids is 1. The minimum absolute atomic E-state index is 0.0539. The van der Waals surface area contributed by atoms with E-state index in [1.807, 2.05) is 0 Å². The Bertz CT molecular complexity index is 784. The van der Waals surface area contributed by atoms with Crippen molar-refractivity contribution < 1.29 is 9.18 Å². The van der Waals surface area contributed by atoms with Crippen molar-refractivity contribution in [3.05, 3.63) is 65.1 Å². The van der Waals surface area contributed by atoms with Crippen LogP contribution in [0.15, 0.2) is 42.6 Å². The highest BCUT2D eigenvalue weighted by molar-refractivity contribution is 6.28. The van der Waals surface area contributed by atoms with Gasteiger partial charge in [0.05, 0.1) is 0 Å². The number of benzene rings is 1. The fraction of sp³-hybridized carbons (Fsp3) is 0. The van der Waals surface area contributed by atoms with E-state index in [0.29, 0.717) is 5.65 Å². The molecular weight excluding hydrogens is 269 g/mol. The van der Waals surface area contributed by atoms with Crippen LogP contribution < -0.4 is 0 Å². The second kappa shape index (κ2) is 4.44. The summed E-state index contributed by atoms with van der Waals surface area (Å²) in [5.74, 6) is -1.01. The van der Waals surface area contributed by atoms with Gasteiger partial charge in [0.2, 0.25) is 16.9 Å². The highest BCUT2D eigenvalue weighted by atomic mass is 35.5. The summed E-state index contributed by atoms with van der Waals surface area (Å²) in [6, 6.07) is 8.82.